The molecule has 0 aliphatic rings. The van der Waals surface area contributed by atoms with Crippen LogP contribution in [0.3, 0.4) is 0 Å². The summed E-state index contributed by atoms with van der Waals surface area (Å²) in [6.07, 6.45) is -1.68. The molecule has 0 aliphatic heterocycles. The Morgan fingerprint density at radius 1 is 1.58 bits per heavy atom. The molecule has 0 fully saturated rings. The molecule has 0 spiro atoms. The first kappa shape index (κ1) is 11.4. The summed E-state index contributed by atoms with van der Waals surface area (Å²) in [4.78, 5) is 11.1. The monoisotopic (exact) mass is 176 g/mol. The van der Waals surface area contributed by atoms with Crippen LogP contribution in [0, 0.1) is 0 Å². The predicted octanol–water partition coefficient (Wildman–Crippen LogP) is -1.07. The topological polar surface area (TPSA) is 98.6 Å². The fraction of sp³-hybridized carbons (Fsp3) is 0.857. The van der Waals surface area contributed by atoms with Gasteiger partial charge >= 0.3 is 5.97 Å². The summed E-state index contributed by atoms with van der Waals surface area (Å²) in [6, 6.07) is 0. The first-order chi connectivity index (χ1) is 5.28. The summed E-state index contributed by atoms with van der Waals surface area (Å²) < 4.78 is 4.63. The molecule has 0 saturated heterocycles. The van der Waals surface area contributed by atoms with Crippen molar-refractivity contribution in [3.8, 4) is 0 Å². The molecule has 0 saturated carbocycles. The third-order valence-corrected chi connectivity index (χ3v) is 1.60. The molecule has 72 valence electrons. The Morgan fingerprint density at radius 3 is 2.25 bits per heavy atom. The second-order valence-corrected chi connectivity index (χ2v) is 3.07. The highest BCUT2D eigenvalue weighted by molar-refractivity contribution is 5.80. The summed E-state index contributed by atoms with van der Waals surface area (Å²) in [7, 11) is 0. The van der Waals surface area contributed by atoms with Crippen LogP contribution >= 0.6 is 0 Å². The van der Waals surface area contributed by atoms with Crippen LogP contribution < -0.4 is 11.5 Å². The summed E-state index contributed by atoms with van der Waals surface area (Å²) >= 11 is 0. The number of aliphatic hydroxyl groups excluding tert-OH is 1. The Kier molecular flexibility index (Phi) is 3.63. The van der Waals surface area contributed by atoms with Gasteiger partial charge in [0.25, 0.3) is 0 Å². The first-order valence-corrected chi connectivity index (χ1v) is 3.72. The van der Waals surface area contributed by atoms with Crippen molar-refractivity contribution in [1.82, 2.24) is 0 Å². The number of esters is 1. The zero-order valence-corrected chi connectivity index (χ0v) is 7.57. The van der Waals surface area contributed by atoms with Crippen molar-refractivity contribution in [2.24, 2.45) is 11.5 Å². The van der Waals surface area contributed by atoms with Gasteiger partial charge in [-0.05, 0) is 20.8 Å². The maximum atomic E-state index is 11.1. The number of carbonyl (C=O) groups excluding carboxylic acids is 1. The van der Waals surface area contributed by atoms with Gasteiger partial charge in [0.05, 0.1) is 6.10 Å². The number of hydrogen-bond acceptors (Lipinski definition) is 5. The highest BCUT2D eigenvalue weighted by atomic mass is 16.6. The molecule has 0 aromatic rings. The lowest BCUT2D eigenvalue weighted by Gasteiger charge is -2.26. The fourth-order valence-electron chi connectivity index (χ4n) is 0.466. The number of hydrogen-bond donors (Lipinski definition) is 3. The van der Waals surface area contributed by atoms with E-state index in [0.717, 1.165) is 0 Å². The minimum absolute atomic E-state index is 0.701. The summed E-state index contributed by atoms with van der Waals surface area (Å²) in [5, 5.41) is 9.10. The van der Waals surface area contributed by atoms with Crippen LogP contribution in [0.15, 0.2) is 0 Å². The Hall–Kier alpha value is -0.650. The van der Waals surface area contributed by atoms with Gasteiger partial charge in [0, 0.05) is 0 Å². The molecule has 0 aliphatic carbocycles. The SMILES string of the molecule is CC(N)OC(=O)C(C)(N)C(C)O. The molecule has 0 radical (unpaired) electrons. The number of nitrogens with two attached hydrogens (primary N) is 2. The molecule has 5 nitrogen and oxygen atoms in total. The molecule has 5 N–H and O–H groups in total. The third kappa shape index (κ3) is 2.77. The maximum absolute atomic E-state index is 11.1. The molecule has 12 heavy (non-hydrogen) atoms. The van der Waals surface area contributed by atoms with Crippen molar-refractivity contribution in [2.75, 3.05) is 0 Å². The molecular formula is C7H16N2O3. The van der Waals surface area contributed by atoms with Crippen molar-refractivity contribution in [3.05, 3.63) is 0 Å². The van der Waals surface area contributed by atoms with Gasteiger partial charge in [0.1, 0.15) is 11.8 Å². The molecular weight excluding hydrogens is 160 g/mol. The zero-order chi connectivity index (χ0) is 9.94. The van der Waals surface area contributed by atoms with E-state index in [4.69, 9.17) is 16.6 Å². The average molecular weight is 176 g/mol. The smallest absolute Gasteiger partial charge is 0.330 e. The van der Waals surface area contributed by atoms with E-state index < -0.39 is 23.8 Å². The zero-order valence-electron chi connectivity index (χ0n) is 7.57. The van der Waals surface area contributed by atoms with E-state index in [2.05, 4.69) is 4.74 Å². The van der Waals surface area contributed by atoms with Crippen LogP contribution in [0.2, 0.25) is 0 Å². The predicted molar refractivity (Wildman–Crippen MR) is 44.0 cm³/mol. The molecule has 0 bridgehead atoms. The molecule has 3 atom stereocenters. The van der Waals surface area contributed by atoms with Gasteiger partial charge in [-0.25, -0.2) is 4.79 Å². The summed E-state index contributed by atoms with van der Waals surface area (Å²) in [5.41, 5.74) is 9.29. The lowest BCUT2D eigenvalue weighted by atomic mass is 9.98. The molecule has 0 aromatic heterocycles. The van der Waals surface area contributed by atoms with Gasteiger partial charge in [0.2, 0.25) is 0 Å². The van der Waals surface area contributed by atoms with Crippen LogP contribution in [0.1, 0.15) is 20.8 Å². The van der Waals surface area contributed by atoms with Crippen molar-refractivity contribution in [1.29, 1.82) is 0 Å². The molecule has 5 heteroatoms. The lowest BCUT2D eigenvalue weighted by Crippen LogP contribution is -2.55. The van der Waals surface area contributed by atoms with Gasteiger partial charge < -0.3 is 15.6 Å². The molecule has 0 heterocycles. The lowest BCUT2D eigenvalue weighted by molar-refractivity contribution is -0.157. The van der Waals surface area contributed by atoms with Crippen LogP contribution in [-0.2, 0) is 9.53 Å². The second kappa shape index (κ2) is 3.84. The number of ether oxygens (including phenoxy) is 1. The molecule has 0 amide bonds. The van der Waals surface area contributed by atoms with E-state index >= 15 is 0 Å². The second-order valence-electron chi connectivity index (χ2n) is 3.07. The third-order valence-electron chi connectivity index (χ3n) is 1.60. The Balaban J connectivity index is 4.26. The van der Waals surface area contributed by atoms with Gasteiger partial charge in [0.15, 0.2) is 0 Å². The number of aliphatic hydroxyl groups is 1. The fourth-order valence-corrected chi connectivity index (χ4v) is 0.466. The number of carbonyl (C=O) groups is 1. The Bertz CT molecular complexity index is 166. The van der Waals surface area contributed by atoms with E-state index in [0.29, 0.717) is 0 Å². The van der Waals surface area contributed by atoms with Gasteiger partial charge in [-0.3, -0.25) is 5.73 Å². The van der Waals surface area contributed by atoms with E-state index in [1.54, 1.807) is 0 Å². The summed E-state index contributed by atoms with van der Waals surface area (Å²) in [6.45, 7) is 4.32. The van der Waals surface area contributed by atoms with Crippen LogP contribution in [0.5, 0.6) is 0 Å². The van der Waals surface area contributed by atoms with Gasteiger partial charge in [-0.1, -0.05) is 0 Å². The highest BCUT2D eigenvalue weighted by Gasteiger charge is 2.35. The van der Waals surface area contributed by atoms with Gasteiger partial charge in [-0.2, -0.15) is 0 Å². The quantitative estimate of drug-likeness (QED) is 0.376. The maximum Gasteiger partial charge on any atom is 0.330 e. The van der Waals surface area contributed by atoms with Crippen LogP contribution in [0.25, 0.3) is 0 Å². The van der Waals surface area contributed by atoms with Crippen LogP contribution in [0.4, 0.5) is 0 Å². The van der Waals surface area contributed by atoms with E-state index in [1.165, 1.54) is 20.8 Å². The minimum Gasteiger partial charge on any atom is -0.446 e. The minimum atomic E-state index is -1.40. The molecule has 0 rings (SSSR count). The van der Waals surface area contributed by atoms with Crippen molar-refractivity contribution in [2.45, 2.75) is 38.6 Å². The molecule has 3 unspecified atom stereocenters. The van der Waals surface area contributed by atoms with E-state index in [9.17, 15) is 4.79 Å². The average Bonchev–Trinajstić information content (AvgIpc) is 1.85. The standard InChI is InChI=1S/C7H16N2O3/c1-4(10)7(3,9)6(11)12-5(2)8/h4-5,10H,8-9H2,1-3H3. The molecule has 0 aromatic carbocycles. The van der Waals surface area contributed by atoms with Gasteiger partial charge in [-0.15, -0.1) is 0 Å². The van der Waals surface area contributed by atoms with E-state index in [1.807, 2.05) is 0 Å². The Labute approximate surface area is 71.7 Å². The van der Waals surface area contributed by atoms with Crippen molar-refractivity contribution in [3.63, 3.8) is 0 Å². The van der Waals surface area contributed by atoms with Crippen molar-refractivity contribution >= 4 is 5.97 Å². The van der Waals surface area contributed by atoms with E-state index in [-0.39, 0.29) is 0 Å². The Morgan fingerprint density at radius 2 is 2.00 bits per heavy atom. The largest absolute Gasteiger partial charge is 0.446 e. The summed E-state index contributed by atoms with van der Waals surface area (Å²) in [5.74, 6) is -0.701. The van der Waals surface area contributed by atoms with Crippen molar-refractivity contribution < 1.29 is 14.6 Å². The first-order valence-electron chi connectivity index (χ1n) is 3.72. The van der Waals surface area contributed by atoms with Crippen LogP contribution in [-0.4, -0.2) is 28.9 Å². The normalized spacial score (nSPS) is 20.8. The highest BCUT2D eigenvalue weighted by Crippen LogP contribution is 2.08. The number of rotatable bonds is 3.